The molecular formula is C16H25NO2. The Kier molecular flexibility index (Phi) is 6.02. The highest BCUT2D eigenvalue weighted by Gasteiger charge is 2.10. The van der Waals surface area contributed by atoms with Crippen LogP contribution in [-0.2, 0) is 0 Å². The van der Waals surface area contributed by atoms with E-state index < -0.39 is 0 Å². The Morgan fingerprint density at radius 3 is 2.26 bits per heavy atom. The van der Waals surface area contributed by atoms with Crippen LogP contribution in [0, 0.1) is 0 Å². The van der Waals surface area contributed by atoms with Gasteiger partial charge in [-0.25, -0.2) is 0 Å². The number of ether oxygens (including phenoxy) is 2. The summed E-state index contributed by atoms with van der Waals surface area (Å²) >= 11 is 0. The fourth-order valence-corrected chi connectivity index (χ4v) is 2.59. The second kappa shape index (κ2) is 8.05. The van der Waals surface area contributed by atoms with E-state index in [1.807, 2.05) is 24.3 Å². The van der Waals surface area contributed by atoms with E-state index in [4.69, 9.17) is 9.47 Å². The molecule has 19 heavy (non-hydrogen) atoms. The third-order valence-corrected chi connectivity index (χ3v) is 3.72. The standard InChI is InChI=1S/C16H25NO2/c1-18-15-8-10-16(11-9-15)19-13-12-17-14-6-4-2-3-5-7-14/h8-11,14,17H,2-7,12-13H2,1H3. The van der Waals surface area contributed by atoms with Gasteiger partial charge in [-0.2, -0.15) is 0 Å². The molecule has 1 saturated carbocycles. The first-order chi connectivity index (χ1) is 9.38. The molecule has 1 aromatic carbocycles. The normalized spacial score (nSPS) is 16.9. The molecular weight excluding hydrogens is 238 g/mol. The van der Waals surface area contributed by atoms with Gasteiger partial charge in [-0.15, -0.1) is 0 Å². The molecule has 106 valence electrons. The molecule has 0 spiro atoms. The lowest BCUT2D eigenvalue weighted by atomic mass is 10.1. The molecule has 0 aliphatic heterocycles. The van der Waals surface area contributed by atoms with Crippen molar-refractivity contribution < 1.29 is 9.47 Å². The number of hydrogen-bond acceptors (Lipinski definition) is 3. The lowest BCUT2D eigenvalue weighted by Gasteiger charge is -2.16. The van der Waals surface area contributed by atoms with Gasteiger partial charge in [-0.1, -0.05) is 25.7 Å². The van der Waals surface area contributed by atoms with Gasteiger partial charge in [0.1, 0.15) is 18.1 Å². The van der Waals surface area contributed by atoms with Crippen molar-refractivity contribution in [2.45, 2.75) is 44.6 Å². The van der Waals surface area contributed by atoms with Crippen LogP contribution in [0.2, 0.25) is 0 Å². The van der Waals surface area contributed by atoms with Crippen LogP contribution in [0.3, 0.4) is 0 Å². The predicted octanol–water partition coefficient (Wildman–Crippen LogP) is 3.39. The molecule has 3 heteroatoms. The number of hydrogen-bond donors (Lipinski definition) is 1. The quantitative estimate of drug-likeness (QED) is 0.630. The van der Waals surface area contributed by atoms with Crippen LogP contribution in [0.4, 0.5) is 0 Å². The fraction of sp³-hybridized carbons (Fsp3) is 0.625. The number of methoxy groups -OCH3 is 1. The van der Waals surface area contributed by atoms with Crippen molar-refractivity contribution in [3.63, 3.8) is 0 Å². The topological polar surface area (TPSA) is 30.5 Å². The van der Waals surface area contributed by atoms with Crippen molar-refractivity contribution in [2.75, 3.05) is 20.3 Å². The smallest absolute Gasteiger partial charge is 0.119 e. The third kappa shape index (κ3) is 5.11. The summed E-state index contributed by atoms with van der Waals surface area (Å²) in [4.78, 5) is 0. The molecule has 1 fully saturated rings. The number of benzene rings is 1. The minimum absolute atomic E-state index is 0.696. The van der Waals surface area contributed by atoms with Crippen molar-refractivity contribution in [3.8, 4) is 11.5 Å². The second-order valence-electron chi connectivity index (χ2n) is 5.17. The molecule has 3 nitrogen and oxygen atoms in total. The van der Waals surface area contributed by atoms with Crippen LogP contribution in [0.25, 0.3) is 0 Å². The van der Waals surface area contributed by atoms with Gasteiger partial charge >= 0.3 is 0 Å². The third-order valence-electron chi connectivity index (χ3n) is 3.72. The van der Waals surface area contributed by atoms with Crippen LogP contribution in [0.1, 0.15) is 38.5 Å². The molecule has 1 N–H and O–H groups in total. The first-order valence-corrected chi connectivity index (χ1v) is 7.39. The molecule has 0 heterocycles. The summed E-state index contributed by atoms with van der Waals surface area (Å²) < 4.78 is 10.8. The van der Waals surface area contributed by atoms with E-state index in [2.05, 4.69) is 5.32 Å². The highest BCUT2D eigenvalue weighted by Crippen LogP contribution is 2.18. The summed E-state index contributed by atoms with van der Waals surface area (Å²) in [7, 11) is 1.67. The van der Waals surface area contributed by atoms with Crippen molar-refractivity contribution in [3.05, 3.63) is 24.3 Å². The summed E-state index contributed by atoms with van der Waals surface area (Å²) in [5.74, 6) is 1.77. The van der Waals surface area contributed by atoms with E-state index in [1.165, 1.54) is 38.5 Å². The summed E-state index contributed by atoms with van der Waals surface area (Å²) in [5.41, 5.74) is 0. The molecule has 0 amide bonds. The summed E-state index contributed by atoms with van der Waals surface area (Å²) in [6, 6.07) is 8.44. The maximum absolute atomic E-state index is 5.71. The Morgan fingerprint density at radius 1 is 1.00 bits per heavy atom. The Labute approximate surface area is 116 Å². The number of rotatable bonds is 6. The maximum Gasteiger partial charge on any atom is 0.119 e. The van der Waals surface area contributed by atoms with Crippen molar-refractivity contribution in [1.29, 1.82) is 0 Å². The van der Waals surface area contributed by atoms with Crippen molar-refractivity contribution >= 4 is 0 Å². The minimum atomic E-state index is 0.696. The van der Waals surface area contributed by atoms with Crippen molar-refractivity contribution in [2.24, 2.45) is 0 Å². The average Bonchev–Trinajstić information content (AvgIpc) is 2.73. The molecule has 0 aromatic heterocycles. The van der Waals surface area contributed by atoms with E-state index in [-0.39, 0.29) is 0 Å². The Balaban J connectivity index is 1.62. The number of nitrogens with one attached hydrogen (secondary N) is 1. The molecule has 1 aliphatic rings. The zero-order valence-electron chi connectivity index (χ0n) is 11.9. The first-order valence-electron chi connectivity index (χ1n) is 7.39. The van der Waals surface area contributed by atoms with E-state index in [0.717, 1.165) is 24.7 Å². The first kappa shape index (κ1) is 14.2. The average molecular weight is 263 g/mol. The lowest BCUT2D eigenvalue weighted by Crippen LogP contribution is -2.32. The SMILES string of the molecule is COc1ccc(OCCNC2CCCCCC2)cc1. The summed E-state index contributed by atoms with van der Waals surface area (Å²) in [6.45, 7) is 1.65. The van der Waals surface area contributed by atoms with Crippen LogP contribution in [-0.4, -0.2) is 26.3 Å². The molecule has 0 atom stereocenters. The molecule has 0 radical (unpaired) electrons. The molecule has 0 bridgehead atoms. The van der Waals surface area contributed by atoms with Crippen LogP contribution >= 0.6 is 0 Å². The van der Waals surface area contributed by atoms with Crippen LogP contribution < -0.4 is 14.8 Å². The van der Waals surface area contributed by atoms with E-state index in [9.17, 15) is 0 Å². The Hall–Kier alpha value is -1.22. The summed E-state index contributed by atoms with van der Waals surface area (Å²) in [6.07, 6.45) is 8.19. The largest absolute Gasteiger partial charge is 0.497 e. The Bertz CT molecular complexity index is 342. The van der Waals surface area contributed by atoms with E-state index >= 15 is 0 Å². The van der Waals surface area contributed by atoms with Gasteiger partial charge in [0.2, 0.25) is 0 Å². The van der Waals surface area contributed by atoms with E-state index in [1.54, 1.807) is 7.11 Å². The highest BCUT2D eigenvalue weighted by atomic mass is 16.5. The predicted molar refractivity (Wildman–Crippen MR) is 78.0 cm³/mol. The summed E-state index contributed by atoms with van der Waals surface area (Å²) in [5, 5.41) is 3.60. The monoisotopic (exact) mass is 263 g/mol. The van der Waals surface area contributed by atoms with E-state index in [0.29, 0.717) is 6.04 Å². The molecule has 1 aliphatic carbocycles. The Morgan fingerprint density at radius 2 is 1.63 bits per heavy atom. The van der Waals surface area contributed by atoms with Gasteiger partial charge in [-0.3, -0.25) is 0 Å². The zero-order chi connectivity index (χ0) is 13.3. The molecule has 2 rings (SSSR count). The van der Waals surface area contributed by atoms with Gasteiger partial charge in [-0.05, 0) is 37.1 Å². The van der Waals surface area contributed by atoms with Gasteiger partial charge < -0.3 is 14.8 Å². The van der Waals surface area contributed by atoms with Gasteiger partial charge in [0.25, 0.3) is 0 Å². The fourth-order valence-electron chi connectivity index (χ4n) is 2.59. The van der Waals surface area contributed by atoms with Gasteiger partial charge in [0.15, 0.2) is 0 Å². The second-order valence-corrected chi connectivity index (χ2v) is 5.17. The van der Waals surface area contributed by atoms with Gasteiger partial charge in [0.05, 0.1) is 7.11 Å². The highest BCUT2D eigenvalue weighted by molar-refractivity contribution is 5.31. The van der Waals surface area contributed by atoms with Gasteiger partial charge in [0, 0.05) is 12.6 Å². The lowest BCUT2D eigenvalue weighted by molar-refractivity contribution is 0.300. The van der Waals surface area contributed by atoms with Crippen LogP contribution in [0.5, 0.6) is 11.5 Å². The van der Waals surface area contributed by atoms with Crippen molar-refractivity contribution in [1.82, 2.24) is 5.32 Å². The maximum atomic E-state index is 5.71. The minimum Gasteiger partial charge on any atom is -0.497 e. The van der Waals surface area contributed by atoms with Crippen LogP contribution in [0.15, 0.2) is 24.3 Å². The molecule has 0 unspecified atom stereocenters. The zero-order valence-corrected chi connectivity index (χ0v) is 11.9. The molecule has 0 saturated heterocycles. The molecule has 1 aromatic rings.